The Balaban J connectivity index is 2.27. The van der Waals surface area contributed by atoms with Crippen LogP contribution in [0.3, 0.4) is 0 Å². The van der Waals surface area contributed by atoms with Crippen LogP contribution in [0, 0.1) is 6.92 Å². The first-order valence-electron chi connectivity index (χ1n) is 6.21. The van der Waals surface area contributed by atoms with E-state index in [1.165, 1.54) is 0 Å². The van der Waals surface area contributed by atoms with Gasteiger partial charge in [0, 0.05) is 12.4 Å². The topological polar surface area (TPSA) is 69.9 Å². The Labute approximate surface area is 121 Å². The zero-order chi connectivity index (χ0) is 14.5. The Morgan fingerprint density at radius 2 is 2.25 bits per heavy atom. The third-order valence-electron chi connectivity index (χ3n) is 2.70. The van der Waals surface area contributed by atoms with Gasteiger partial charge >= 0.3 is 5.97 Å². The van der Waals surface area contributed by atoms with Crippen molar-refractivity contribution in [3.8, 4) is 0 Å². The summed E-state index contributed by atoms with van der Waals surface area (Å²) >= 11 is 5.90. The lowest BCUT2D eigenvalue weighted by Gasteiger charge is -2.06. The number of halogens is 1. The average molecular weight is 295 g/mol. The minimum Gasteiger partial charge on any atom is -0.461 e. The number of aryl methyl sites for hydroxylation is 1. The monoisotopic (exact) mass is 294 g/mol. The first-order chi connectivity index (χ1) is 9.65. The second-order valence-corrected chi connectivity index (χ2v) is 4.53. The van der Waals surface area contributed by atoms with Gasteiger partial charge in [-0.05, 0) is 25.0 Å². The molecule has 0 unspecified atom stereocenters. The van der Waals surface area contributed by atoms with Crippen LogP contribution in [-0.4, -0.2) is 32.6 Å². The summed E-state index contributed by atoms with van der Waals surface area (Å²) in [4.78, 5) is 15.9. The van der Waals surface area contributed by atoms with Crippen molar-refractivity contribution in [1.82, 2.24) is 20.0 Å². The van der Waals surface area contributed by atoms with E-state index in [4.69, 9.17) is 16.3 Å². The van der Waals surface area contributed by atoms with E-state index in [1.54, 1.807) is 24.0 Å². The Morgan fingerprint density at radius 1 is 1.45 bits per heavy atom. The van der Waals surface area contributed by atoms with E-state index in [0.717, 1.165) is 11.1 Å². The van der Waals surface area contributed by atoms with Crippen molar-refractivity contribution >= 4 is 17.6 Å². The number of ether oxygens (including phenoxy) is 1. The molecule has 0 aliphatic carbocycles. The van der Waals surface area contributed by atoms with Crippen molar-refractivity contribution in [2.75, 3.05) is 6.61 Å². The van der Waals surface area contributed by atoms with E-state index in [1.807, 2.05) is 13.0 Å². The van der Waals surface area contributed by atoms with Gasteiger partial charge in [0.1, 0.15) is 0 Å². The molecule has 20 heavy (non-hydrogen) atoms. The first-order valence-corrected chi connectivity index (χ1v) is 6.75. The lowest BCUT2D eigenvalue weighted by molar-refractivity contribution is 0.0518. The Kier molecular flexibility index (Phi) is 4.68. The number of alkyl halides is 1. The van der Waals surface area contributed by atoms with Gasteiger partial charge in [-0.3, -0.25) is 4.98 Å². The van der Waals surface area contributed by atoms with Crippen LogP contribution in [0.15, 0.2) is 18.5 Å². The predicted octanol–water partition coefficient (Wildman–Crippen LogP) is 1.95. The van der Waals surface area contributed by atoms with E-state index in [0.29, 0.717) is 12.2 Å². The molecule has 0 saturated carbocycles. The van der Waals surface area contributed by atoms with Gasteiger partial charge in [-0.15, -0.1) is 16.7 Å². The molecule has 0 N–H and O–H groups in total. The molecule has 0 aliphatic heterocycles. The van der Waals surface area contributed by atoms with Gasteiger partial charge in [-0.25, -0.2) is 9.48 Å². The van der Waals surface area contributed by atoms with Crippen molar-refractivity contribution in [3.05, 3.63) is 41.0 Å². The number of rotatable bonds is 5. The SMILES string of the molecule is CCOC(=O)c1nnn(Cc2cncc(C)c2)c1CCl. The molecule has 0 aliphatic rings. The van der Waals surface area contributed by atoms with Crippen LogP contribution in [0.4, 0.5) is 0 Å². The minimum atomic E-state index is -0.503. The highest BCUT2D eigenvalue weighted by Crippen LogP contribution is 2.13. The maximum atomic E-state index is 11.7. The van der Waals surface area contributed by atoms with Gasteiger partial charge in [0.25, 0.3) is 0 Å². The van der Waals surface area contributed by atoms with Crippen molar-refractivity contribution < 1.29 is 9.53 Å². The third kappa shape index (κ3) is 3.14. The fourth-order valence-electron chi connectivity index (χ4n) is 1.83. The molecule has 2 aromatic rings. The molecule has 0 fully saturated rings. The lowest BCUT2D eigenvalue weighted by Crippen LogP contribution is -2.10. The molecule has 0 saturated heterocycles. The van der Waals surface area contributed by atoms with Gasteiger partial charge in [-0.2, -0.15) is 0 Å². The van der Waals surface area contributed by atoms with E-state index < -0.39 is 5.97 Å². The number of aromatic nitrogens is 4. The summed E-state index contributed by atoms with van der Waals surface area (Å²) in [5.41, 5.74) is 2.74. The number of carbonyl (C=O) groups is 1. The summed E-state index contributed by atoms with van der Waals surface area (Å²) in [6.45, 7) is 4.45. The molecule has 0 spiro atoms. The smallest absolute Gasteiger partial charge is 0.360 e. The molecule has 106 valence electrons. The molecular weight excluding hydrogens is 280 g/mol. The van der Waals surface area contributed by atoms with E-state index in [9.17, 15) is 4.79 Å². The Bertz CT molecular complexity index is 612. The number of pyridine rings is 1. The summed E-state index contributed by atoms with van der Waals surface area (Å²) in [5, 5.41) is 7.83. The number of hydrogen-bond donors (Lipinski definition) is 0. The van der Waals surface area contributed by atoms with Crippen LogP contribution in [0.2, 0.25) is 0 Å². The summed E-state index contributed by atoms with van der Waals surface area (Å²) < 4.78 is 6.52. The van der Waals surface area contributed by atoms with Crippen LogP contribution in [0.1, 0.15) is 34.2 Å². The number of esters is 1. The highest BCUT2D eigenvalue weighted by Gasteiger charge is 2.20. The average Bonchev–Trinajstić information content (AvgIpc) is 2.82. The Morgan fingerprint density at radius 3 is 2.90 bits per heavy atom. The maximum Gasteiger partial charge on any atom is 0.360 e. The quantitative estimate of drug-likeness (QED) is 0.622. The van der Waals surface area contributed by atoms with Crippen LogP contribution in [0.25, 0.3) is 0 Å². The molecule has 2 heterocycles. The molecular formula is C13H15ClN4O2. The van der Waals surface area contributed by atoms with Crippen molar-refractivity contribution in [2.45, 2.75) is 26.3 Å². The summed E-state index contributed by atoms with van der Waals surface area (Å²) in [6, 6.07) is 2.00. The standard InChI is InChI=1S/C13H15ClN4O2/c1-3-20-13(19)12-11(5-14)18(17-16-12)8-10-4-9(2)6-15-7-10/h4,6-7H,3,5,8H2,1-2H3. The number of nitrogens with zero attached hydrogens (tertiary/aromatic N) is 4. The van der Waals surface area contributed by atoms with Gasteiger partial charge < -0.3 is 4.74 Å². The molecule has 2 aromatic heterocycles. The predicted molar refractivity (Wildman–Crippen MR) is 73.6 cm³/mol. The number of hydrogen-bond acceptors (Lipinski definition) is 5. The molecule has 0 aromatic carbocycles. The second-order valence-electron chi connectivity index (χ2n) is 4.27. The van der Waals surface area contributed by atoms with Crippen molar-refractivity contribution in [1.29, 1.82) is 0 Å². The fourth-order valence-corrected chi connectivity index (χ4v) is 2.09. The normalized spacial score (nSPS) is 10.6. The molecule has 0 atom stereocenters. The molecule has 7 heteroatoms. The third-order valence-corrected chi connectivity index (χ3v) is 2.95. The molecule has 0 bridgehead atoms. The van der Waals surface area contributed by atoms with E-state index >= 15 is 0 Å². The molecule has 6 nitrogen and oxygen atoms in total. The molecule has 0 radical (unpaired) electrons. The van der Waals surface area contributed by atoms with Crippen molar-refractivity contribution in [2.24, 2.45) is 0 Å². The largest absolute Gasteiger partial charge is 0.461 e. The van der Waals surface area contributed by atoms with E-state index in [-0.39, 0.29) is 18.2 Å². The zero-order valence-corrected chi connectivity index (χ0v) is 12.1. The number of carbonyl (C=O) groups excluding carboxylic acids is 1. The van der Waals surface area contributed by atoms with Crippen LogP contribution in [-0.2, 0) is 17.2 Å². The van der Waals surface area contributed by atoms with E-state index in [2.05, 4.69) is 15.3 Å². The fraction of sp³-hybridized carbons (Fsp3) is 0.385. The lowest BCUT2D eigenvalue weighted by atomic mass is 10.2. The minimum absolute atomic E-state index is 0.139. The van der Waals surface area contributed by atoms with Crippen LogP contribution < -0.4 is 0 Å². The van der Waals surface area contributed by atoms with Gasteiger partial charge in [-0.1, -0.05) is 11.3 Å². The molecule has 2 rings (SSSR count). The highest BCUT2D eigenvalue weighted by atomic mass is 35.5. The Hall–Kier alpha value is -1.95. The van der Waals surface area contributed by atoms with Crippen molar-refractivity contribution in [3.63, 3.8) is 0 Å². The first kappa shape index (κ1) is 14.5. The summed E-state index contributed by atoms with van der Waals surface area (Å²) in [6.07, 6.45) is 3.52. The summed E-state index contributed by atoms with van der Waals surface area (Å²) in [5.74, 6) is -0.364. The van der Waals surface area contributed by atoms with Crippen LogP contribution >= 0.6 is 11.6 Å². The van der Waals surface area contributed by atoms with Crippen LogP contribution in [0.5, 0.6) is 0 Å². The van der Waals surface area contributed by atoms with Gasteiger partial charge in [0.15, 0.2) is 5.69 Å². The molecule has 0 amide bonds. The van der Waals surface area contributed by atoms with Gasteiger partial charge in [0.05, 0.1) is 24.7 Å². The maximum absolute atomic E-state index is 11.7. The zero-order valence-electron chi connectivity index (χ0n) is 11.3. The summed E-state index contributed by atoms with van der Waals surface area (Å²) in [7, 11) is 0. The van der Waals surface area contributed by atoms with Gasteiger partial charge in [0.2, 0.25) is 0 Å². The second kappa shape index (κ2) is 6.47. The highest BCUT2D eigenvalue weighted by molar-refractivity contribution is 6.17.